The highest BCUT2D eigenvalue weighted by molar-refractivity contribution is 7.99. The first-order valence-corrected chi connectivity index (χ1v) is 18.0. The third-order valence-corrected chi connectivity index (χ3v) is 11.7. The van der Waals surface area contributed by atoms with E-state index in [0.717, 1.165) is 5.69 Å². The van der Waals surface area contributed by atoms with E-state index in [9.17, 15) is 0 Å². The Bertz CT molecular complexity index is 3000. The fourth-order valence-electron chi connectivity index (χ4n) is 8.25. The maximum atomic E-state index is 2.44. The van der Waals surface area contributed by atoms with Crippen LogP contribution in [0.4, 0.5) is 0 Å². The quantitative estimate of drug-likeness (QED) is 0.184. The van der Waals surface area contributed by atoms with Gasteiger partial charge in [0.1, 0.15) is 0 Å². The lowest BCUT2D eigenvalue weighted by Gasteiger charge is -2.21. The minimum atomic E-state index is 1.16. The van der Waals surface area contributed by atoms with Crippen molar-refractivity contribution in [2.45, 2.75) is 9.79 Å². The van der Waals surface area contributed by atoms with E-state index in [1.54, 1.807) is 0 Å². The van der Waals surface area contributed by atoms with Crippen LogP contribution < -0.4 is 0 Å². The summed E-state index contributed by atoms with van der Waals surface area (Å²) < 4.78 is 2.44. The van der Waals surface area contributed by atoms with Crippen LogP contribution in [-0.2, 0) is 0 Å². The van der Waals surface area contributed by atoms with Gasteiger partial charge in [-0.1, -0.05) is 139 Å². The highest BCUT2D eigenvalue weighted by Crippen LogP contribution is 2.49. The SMILES string of the molecule is c1cc(-c2ccc(-n3c4cc5ccccc5cc4c4c5ccccc5ccc43)cc2)cc(-c2ccc3c4c(cccc24)-c2ccccc2S3)c1. The van der Waals surface area contributed by atoms with E-state index in [0.29, 0.717) is 0 Å². The Hall–Kier alpha value is -6.09. The molecule has 0 fully saturated rings. The number of hydrogen-bond acceptors (Lipinski definition) is 1. The summed E-state index contributed by atoms with van der Waals surface area (Å²) in [7, 11) is 0. The van der Waals surface area contributed by atoms with E-state index in [1.807, 2.05) is 11.8 Å². The molecule has 0 bridgehead atoms. The summed E-state index contributed by atoms with van der Waals surface area (Å²) in [4.78, 5) is 2.66. The lowest BCUT2D eigenvalue weighted by Crippen LogP contribution is -1.94. The topological polar surface area (TPSA) is 4.93 Å². The van der Waals surface area contributed by atoms with Crippen LogP contribution in [0.3, 0.4) is 0 Å². The van der Waals surface area contributed by atoms with Crippen molar-refractivity contribution in [3.05, 3.63) is 176 Å². The van der Waals surface area contributed by atoms with Crippen molar-refractivity contribution >= 4 is 65.9 Å². The molecular weight excluding hydrogens is 623 g/mol. The summed E-state index contributed by atoms with van der Waals surface area (Å²) in [5.41, 5.74) is 11.2. The molecule has 1 aromatic heterocycles. The fraction of sp³-hybridized carbons (Fsp3) is 0. The van der Waals surface area contributed by atoms with E-state index < -0.39 is 0 Å². The molecule has 0 radical (unpaired) electrons. The summed E-state index contributed by atoms with van der Waals surface area (Å²) in [6.45, 7) is 0. The summed E-state index contributed by atoms with van der Waals surface area (Å²) in [5.74, 6) is 0. The highest BCUT2D eigenvalue weighted by atomic mass is 32.2. The van der Waals surface area contributed by atoms with Gasteiger partial charge in [0.15, 0.2) is 0 Å². The molecule has 9 aromatic carbocycles. The lowest BCUT2D eigenvalue weighted by molar-refractivity contribution is 1.18. The third kappa shape index (κ3) is 4.09. The van der Waals surface area contributed by atoms with Crippen molar-refractivity contribution in [2.24, 2.45) is 0 Å². The average molecular weight is 652 g/mol. The van der Waals surface area contributed by atoms with Crippen molar-refractivity contribution in [3.8, 4) is 39.1 Å². The number of hydrogen-bond donors (Lipinski definition) is 0. The molecule has 0 unspecified atom stereocenters. The molecule has 0 amide bonds. The van der Waals surface area contributed by atoms with Gasteiger partial charge in [0.2, 0.25) is 0 Å². The number of fused-ring (bicyclic) bond motifs is 8. The largest absolute Gasteiger partial charge is 0.309 e. The minimum Gasteiger partial charge on any atom is -0.309 e. The van der Waals surface area contributed by atoms with Gasteiger partial charge in [0.25, 0.3) is 0 Å². The maximum Gasteiger partial charge on any atom is 0.0547 e. The van der Waals surface area contributed by atoms with E-state index >= 15 is 0 Å². The first-order chi connectivity index (χ1) is 24.8. The molecule has 11 rings (SSSR count). The van der Waals surface area contributed by atoms with Crippen LogP contribution in [0.15, 0.2) is 186 Å². The Labute approximate surface area is 294 Å². The molecule has 1 nitrogen and oxygen atoms in total. The van der Waals surface area contributed by atoms with Crippen LogP contribution in [0.5, 0.6) is 0 Å². The van der Waals surface area contributed by atoms with Gasteiger partial charge in [0, 0.05) is 31.6 Å². The monoisotopic (exact) mass is 651 g/mol. The zero-order valence-electron chi connectivity index (χ0n) is 27.1. The van der Waals surface area contributed by atoms with Crippen LogP contribution in [0.2, 0.25) is 0 Å². The number of aromatic nitrogens is 1. The van der Waals surface area contributed by atoms with Crippen LogP contribution >= 0.6 is 11.8 Å². The molecule has 1 aliphatic rings. The Morgan fingerprint density at radius 3 is 1.96 bits per heavy atom. The van der Waals surface area contributed by atoms with E-state index in [4.69, 9.17) is 0 Å². The Balaban J connectivity index is 1.04. The lowest BCUT2D eigenvalue weighted by atomic mass is 9.91. The Morgan fingerprint density at radius 2 is 1.06 bits per heavy atom. The second kappa shape index (κ2) is 10.7. The van der Waals surface area contributed by atoms with Crippen LogP contribution in [0.25, 0.3) is 93.2 Å². The number of nitrogens with zero attached hydrogens (tertiary/aromatic N) is 1. The number of rotatable bonds is 3. The predicted molar refractivity (Wildman–Crippen MR) is 214 cm³/mol. The molecule has 0 aliphatic carbocycles. The van der Waals surface area contributed by atoms with Gasteiger partial charge in [-0.2, -0.15) is 0 Å². The molecule has 2 heteroatoms. The predicted octanol–water partition coefficient (Wildman–Crippen LogP) is 13.7. The molecule has 0 atom stereocenters. The second-order valence-electron chi connectivity index (χ2n) is 13.3. The van der Waals surface area contributed by atoms with Gasteiger partial charge in [0.05, 0.1) is 11.0 Å². The standard InChI is InChI=1S/C48H29NS/c1-2-11-34-29-44-42(28-33(34)10-1)47-38-14-4-3-9-31(38)21-25-43(47)49(44)36-22-19-30(20-23-36)32-12-7-13-35(27-32)37-24-26-46-48-40(37)16-8-17-41(48)39-15-5-6-18-45(39)50-46/h1-29H. The smallest absolute Gasteiger partial charge is 0.0547 e. The van der Waals surface area contributed by atoms with Crippen LogP contribution in [0.1, 0.15) is 0 Å². The van der Waals surface area contributed by atoms with E-state index in [1.165, 1.54) is 97.3 Å². The molecule has 0 spiro atoms. The zero-order chi connectivity index (χ0) is 32.8. The van der Waals surface area contributed by atoms with Crippen molar-refractivity contribution < 1.29 is 0 Å². The van der Waals surface area contributed by atoms with Crippen LogP contribution in [0, 0.1) is 0 Å². The van der Waals surface area contributed by atoms with Gasteiger partial charge in [-0.25, -0.2) is 0 Å². The average Bonchev–Trinajstić information content (AvgIpc) is 3.51. The summed E-state index contributed by atoms with van der Waals surface area (Å²) in [6.07, 6.45) is 0. The van der Waals surface area contributed by atoms with Gasteiger partial charge in [-0.15, -0.1) is 0 Å². The molecule has 2 heterocycles. The number of benzene rings is 9. The minimum absolute atomic E-state index is 1.16. The van der Waals surface area contributed by atoms with Gasteiger partial charge >= 0.3 is 0 Å². The molecule has 50 heavy (non-hydrogen) atoms. The molecule has 1 aliphatic heterocycles. The molecular formula is C48H29NS. The normalized spacial score (nSPS) is 12.3. The van der Waals surface area contributed by atoms with E-state index in [2.05, 4.69) is 180 Å². The maximum absolute atomic E-state index is 2.44. The molecule has 232 valence electrons. The van der Waals surface area contributed by atoms with Crippen molar-refractivity contribution in [2.75, 3.05) is 0 Å². The highest BCUT2D eigenvalue weighted by Gasteiger charge is 2.21. The van der Waals surface area contributed by atoms with Gasteiger partial charge in [-0.3, -0.25) is 0 Å². The van der Waals surface area contributed by atoms with Crippen molar-refractivity contribution in [3.63, 3.8) is 0 Å². The summed E-state index contributed by atoms with van der Waals surface area (Å²) in [5, 5.41) is 10.3. The van der Waals surface area contributed by atoms with Gasteiger partial charge in [-0.05, 0) is 109 Å². The first kappa shape index (κ1) is 27.8. The molecule has 0 saturated heterocycles. The molecule has 0 N–H and O–H groups in total. The molecule has 0 saturated carbocycles. The Kier molecular flexibility index (Phi) is 5.96. The zero-order valence-corrected chi connectivity index (χ0v) is 27.9. The van der Waals surface area contributed by atoms with E-state index in [-0.39, 0.29) is 0 Å². The summed E-state index contributed by atoms with van der Waals surface area (Å²) >= 11 is 1.88. The molecule has 10 aromatic rings. The Morgan fingerprint density at radius 1 is 0.340 bits per heavy atom. The second-order valence-corrected chi connectivity index (χ2v) is 14.4. The first-order valence-electron chi connectivity index (χ1n) is 17.2. The van der Waals surface area contributed by atoms with Crippen LogP contribution in [-0.4, -0.2) is 4.57 Å². The summed E-state index contributed by atoms with van der Waals surface area (Å²) in [6, 6.07) is 65.0. The van der Waals surface area contributed by atoms with Gasteiger partial charge < -0.3 is 4.57 Å². The third-order valence-electron chi connectivity index (χ3n) is 10.6. The fourth-order valence-corrected chi connectivity index (χ4v) is 9.38. The van der Waals surface area contributed by atoms with Crippen molar-refractivity contribution in [1.29, 1.82) is 0 Å². The van der Waals surface area contributed by atoms with Crippen molar-refractivity contribution in [1.82, 2.24) is 4.57 Å².